The second kappa shape index (κ2) is 5.75. The van der Waals surface area contributed by atoms with E-state index in [9.17, 15) is 4.79 Å². The van der Waals surface area contributed by atoms with Crippen LogP contribution in [0.15, 0.2) is 18.2 Å². The van der Waals surface area contributed by atoms with E-state index in [1.165, 1.54) is 6.07 Å². The molecule has 0 bridgehead atoms. The minimum atomic E-state index is -0.351. The molecule has 4 heteroatoms. The van der Waals surface area contributed by atoms with E-state index in [-0.39, 0.29) is 12.1 Å². The zero-order chi connectivity index (χ0) is 12.1. The van der Waals surface area contributed by atoms with Crippen LogP contribution < -0.4 is 5.73 Å². The molecule has 88 valence electrons. The lowest BCUT2D eigenvalue weighted by Gasteiger charge is -2.14. The normalized spacial score (nSPS) is 10.5. The van der Waals surface area contributed by atoms with E-state index in [4.69, 9.17) is 22.1 Å². The van der Waals surface area contributed by atoms with Crippen molar-refractivity contribution in [2.45, 2.75) is 32.8 Å². The number of hydrogen-bond donors (Lipinski definition) is 1. The molecule has 0 saturated carbocycles. The Kier molecular flexibility index (Phi) is 4.62. The number of carbonyl (C=O) groups excluding carboxylic acids is 1. The zero-order valence-corrected chi connectivity index (χ0v) is 10.3. The van der Waals surface area contributed by atoms with Gasteiger partial charge in [0.05, 0.1) is 16.3 Å². The van der Waals surface area contributed by atoms with E-state index in [0.29, 0.717) is 16.3 Å². The molecule has 1 rings (SSSR count). The number of nitrogens with two attached hydrogens (primary N) is 1. The third-order valence-electron chi connectivity index (χ3n) is 2.42. The van der Waals surface area contributed by atoms with Gasteiger partial charge in [-0.1, -0.05) is 25.4 Å². The predicted molar refractivity (Wildman–Crippen MR) is 65.6 cm³/mol. The Labute approximate surface area is 101 Å². The highest BCUT2D eigenvalue weighted by Crippen LogP contribution is 2.20. The summed E-state index contributed by atoms with van der Waals surface area (Å²) in [4.78, 5) is 11.7. The third-order valence-corrected chi connectivity index (χ3v) is 2.75. The summed E-state index contributed by atoms with van der Waals surface area (Å²) in [5, 5.41) is 0.374. The number of rotatable bonds is 4. The van der Waals surface area contributed by atoms with Crippen LogP contribution in [-0.4, -0.2) is 12.1 Å². The van der Waals surface area contributed by atoms with E-state index in [1.807, 2.05) is 13.8 Å². The molecular formula is C12H16ClNO2. The fourth-order valence-electron chi connectivity index (χ4n) is 1.33. The maximum absolute atomic E-state index is 11.7. The molecule has 0 radical (unpaired) electrons. The van der Waals surface area contributed by atoms with E-state index >= 15 is 0 Å². The quantitative estimate of drug-likeness (QED) is 0.650. The van der Waals surface area contributed by atoms with Gasteiger partial charge in [0.2, 0.25) is 0 Å². The van der Waals surface area contributed by atoms with Crippen LogP contribution in [0.1, 0.15) is 37.0 Å². The Balaban J connectivity index is 2.76. The molecule has 1 aromatic carbocycles. The number of hydrogen-bond acceptors (Lipinski definition) is 3. The molecule has 1 aromatic rings. The molecule has 2 N–H and O–H groups in total. The summed E-state index contributed by atoms with van der Waals surface area (Å²) in [6.07, 6.45) is 1.58. The highest BCUT2D eigenvalue weighted by molar-refractivity contribution is 6.33. The molecule has 0 unspecified atom stereocenters. The van der Waals surface area contributed by atoms with Crippen LogP contribution in [0.3, 0.4) is 0 Å². The standard InChI is InChI=1S/C12H16ClNO2/c1-3-9(4-2)16-12(15)8-5-6-11(14)10(13)7-8/h5-7,9H,3-4,14H2,1-2H3. The summed E-state index contributed by atoms with van der Waals surface area (Å²) in [5.74, 6) is -0.351. The van der Waals surface area contributed by atoms with Crippen LogP contribution in [0.2, 0.25) is 5.02 Å². The van der Waals surface area contributed by atoms with Gasteiger partial charge in [0.25, 0.3) is 0 Å². The maximum atomic E-state index is 11.7. The number of carbonyl (C=O) groups is 1. The largest absolute Gasteiger partial charge is 0.459 e. The number of nitrogen functional groups attached to an aromatic ring is 1. The van der Waals surface area contributed by atoms with Crippen LogP contribution in [0.4, 0.5) is 5.69 Å². The molecule has 0 atom stereocenters. The van der Waals surface area contributed by atoms with Crippen molar-refractivity contribution in [2.75, 3.05) is 5.73 Å². The number of esters is 1. The first-order chi connectivity index (χ1) is 7.58. The molecule has 0 fully saturated rings. The van der Waals surface area contributed by atoms with Gasteiger partial charge < -0.3 is 10.5 Å². The Morgan fingerprint density at radius 1 is 1.44 bits per heavy atom. The molecule has 0 amide bonds. The SMILES string of the molecule is CCC(CC)OC(=O)c1ccc(N)c(Cl)c1. The fourth-order valence-corrected chi connectivity index (χ4v) is 1.51. The Bertz CT molecular complexity index is 375. The molecular weight excluding hydrogens is 226 g/mol. The topological polar surface area (TPSA) is 52.3 Å². The number of anilines is 1. The smallest absolute Gasteiger partial charge is 0.338 e. The van der Waals surface area contributed by atoms with Crippen molar-refractivity contribution in [2.24, 2.45) is 0 Å². The summed E-state index contributed by atoms with van der Waals surface area (Å²) in [5.41, 5.74) is 6.45. The van der Waals surface area contributed by atoms with Crippen molar-refractivity contribution < 1.29 is 9.53 Å². The average molecular weight is 242 g/mol. The zero-order valence-electron chi connectivity index (χ0n) is 9.50. The van der Waals surface area contributed by atoms with Crippen molar-refractivity contribution in [3.8, 4) is 0 Å². The maximum Gasteiger partial charge on any atom is 0.338 e. The molecule has 3 nitrogen and oxygen atoms in total. The highest BCUT2D eigenvalue weighted by Gasteiger charge is 2.13. The number of benzene rings is 1. The molecule has 0 aliphatic rings. The second-order valence-electron chi connectivity index (χ2n) is 3.58. The molecule has 16 heavy (non-hydrogen) atoms. The summed E-state index contributed by atoms with van der Waals surface area (Å²) < 4.78 is 5.29. The molecule has 0 aromatic heterocycles. The molecule has 0 aliphatic carbocycles. The third kappa shape index (κ3) is 3.14. The van der Waals surface area contributed by atoms with Gasteiger partial charge in [-0.3, -0.25) is 0 Å². The first kappa shape index (κ1) is 12.8. The van der Waals surface area contributed by atoms with Crippen molar-refractivity contribution in [1.82, 2.24) is 0 Å². The minimum absolute atomic E-state index is 0.0381. The summed E-state index contributed by atoms with van der Waals surface area (Å²) in [7, 11) is 0. The van der Waals surface area contributed by atoms with Crippen molar-refractivity contribution in [3.05, 3.63) is 28.8 Å². The lowest BCUT2D eigenvalue weighted by atomic mass is 10.2. The lowest BCUT2D eigenvalue weighted by molar-refractivity contribution is 0.0284. The van der Waals surface area contributed by atoms with Crippen molar-refractivity contribution in [3.63, 3.8) is 0 Å². The highest BCUT2D eigenvalue weighted by atomic mass is 35.5. The monoisotopic (exact) mass is 241 g/mol. The van der Waals surface area contributed by atoms with Crippen LogP contribution in [0, 0.1) is 0 Å². The summed E-state index contributed by atoms with van der Waals surface area (Å²) >= 11 is 5.83. The fraction of sp³-hybridized carbons (Fsp3) is 0.417. The Morgan fingerprint density at radius 2 is 2.06 bits per heavy atom. The Hall–Kier alpha value is -1.22. The number of halogens is 1. The minimum Gasteiger partial charge on any atom is -0.459 e. The first-order valence-electron chi connectivity index (χ1n) is 5.34. The predicted octanol–water partition coefficient (Wildman–Crippen LogP) is 3.27. The van der Waals surface area contributed by atoms with Gasteiger partial charge in [0.15, 0.2) is 0 Å². The van der Waals surface area contributed by atoms with Crippen LogP contribution in [0.5, 0.6) is 0 Å². The van der Waals surface area contributed by atoms with E-state index in [0.717, 1.165) is 12.8 Å². The summed E-state index contributed by atoms with van der Waals surface area (Å²) in [6, 6.07) is 4.75. The van der Waals surface area contributed by atoms with Crippen LogP contribution in [-0.2, 0) is 4.74 Å². The van der Waals surface area contributed by atoms with Gasteiger partial charge in [-0.15, -0.1) is 0 Å². The Morgan fingerprint density at radius 3 is 2.56 bits per heavy atom. The van der Waals surface area contributed by atoms with Crippen molar-refractivity contribution >= 4 is 23.3 Å². The first-order valence-corrected chi connectivity index (χ1v) is 5.72. The van der Waals surface area contributed by atoms with E-state index in [2.05, 4.69) is 0 Å². The van der Waals surface area contributed by atoms with Crippen LogP contribution >= 0.6 is 11.6 Å². The molecule has 0 heterocycles. The lowest BCUT2D eigenvalue weighted by Crippen LogP contribution is -2.16. The summed E-state index contributed by atoms with van der Waals surface area (Å²) in [6.45, 7) is 3.97. The van der Waals surface area contributed by atoms with E-state index < -0.39 is 0 Å². The molecule has 0 aliphatic heterocycles. The van der Waals surface area contributed by atoms with Crippen molar-refractivity contribution in [1.29, 1.82) is 0 Å². The van der Waals surface area contributed by atoms with Gasteiger partial charge in [-0.25, -0.2) is 4.79 Å². The van der Waals surface area contributed by atoms with Gasteiger partial charge in [-0.05, 0) is 31.0 Å². The molecule has 0 saturated heterocycles. The van der Waals surface area contributed by atoms with Gasteiger partial charge in [0, 0.05) is 0 Å². The molecule has 0 spiro atoms. The van der Waals surface area contributed by atoms with Gasteiger partial charge >= 0.3 is 5.97 Å². The van der Waals surface area contributed by atoms with Crippen LogP contribution in [0.25, 0.3) is 0 Å². The van der Waals surface area contributed by atoms with Gasteiger partial charge in [0.1, 0.15) is 6.10 Å². The van der Waals surface area contributed by atoms with Gasteiger partial charge in [-0.2, -0.15) is 0 Å². The average Bonchev–Trinajstić information content (AvgIpc) is 2.29. The van der Waals surface area contributed by atoms with E-state index in [1.54, 1.807) is 12.1 Å². The number of ether oxygens (including phenoxy) is 1. The second-order valence-corrected chi connectivity index (χ2v) is 3.99.